The first-order valence-electron chi connectivity index (χ1n) is 7.15. The Bertz CT molecular complexity index is 482. The molecule has 1 aliphatic carbocycles. The normalized spacial score (nSPS) is 23.4. The van der Waals surface area contributed by atoms with Crippen LogP contribution in [0.25, 0.3) is 0 Å². The number of rotatable bonds is 4. The molecule has 0 N–H and O–H groups in total. The van der Waals surface area contributed by atoms with Crippen LogP contribution in [0.3, 0.4) is 0 Å². The summed E-state index contributed by atoms with van der Waals surface area (Å²) in [6, 6.07) is 0. The number of likely N-dealkylation sites (N-methyl/N-ethyl adjacent to an activating group) is 1. The standard InChI is InChI=1S/C14H21N3O3/c1-16(2)7-11-8-17(5-6-19-11)14(18)12-9-20-15-13(12)10-3-4-10/h9-11H,3-8H2,1-2H3. The maximum absolute atomic E-state index is 12.6. The van der Waals surface area contributed by atoms with Crippen molar-refractivity contribution in [2.24, 2.45) is 0 Å². The molecule has 1 aliphatic heterocycles. The maximum Gasteiger partial charge on any atom is 0.259 e. The van der Waals surface area contributed by atoms with Gasteiger partial charge in [0.2, 0.25) is 0 Å². The van der Waals surface area contributed by atoms with E-state index in [1.54, 1.807) is 0 Å². The van der Waals surface area contributed by atoms with Gasteiger partial charge in [-0.1, -0.05) is 5.16 Å². The summed E-state index contributed by atoms with van der Waals surface area (Å²) >= 11 is 0. The van der Waals surface area contributed by atoms with E-state index < -0.39 is 0 Å². The molecule has 110 valence electrons. The lowest BCUT2D eigenvalue weighted by Gasteiger charge is -2.34. The van der Waals surface area contributed by atoms with Gasteiger partial charge in [-0.15, -0.1) is 0 Å². The van der Waals surface area contributed by atoms with Crippen LogP contribution in [-0.4, -0.2) is 67.3 Å². The summed E-state index contributed by atoms with van der Waals surface area (Å²) in [4.78, 5) is 16.5. The van der Waals surface area contributed by atoms with Crippen LogP contribution in [0.15, 0.2) is 10.8 Å². The molecule has 1 atom stereocenters. The zero-order valence-electron chi connectivity index (χ0n) is 12.0. The molecule has 1 saturated carbocycles. The molecule has 0 radical (unpaired) electrons. The van der Waals surface area contributed by atoms with Crippen molar-refractivity contribution in [3.63, 3.8) is 0 Å². The number of carbonyl (C=O) groups is 1. The minimum absolute atomic E-state index is 0.0280. The van der Waals surface area contributed by atoms with Gasteiger partial charge in [-0.05, 0) is 26.9 Å². The molecule has 0 spiro atoms. The van der Waals surface area contributed by atoms with E-state index in [0.29, 0.717) is 31.2 Å². The molecule has 2 fully saturated rings. The molecule has 6 heteroatoms. The van der Waals surface area contributed by atoms with Crippen molar-refractivity contribution in [1.29, 1.82) is 0 Å². The molecule has 1 aromatic heterocycles. The molecule has 2 heterocycles. The first kappa shape index (κ1) is 13.6. The van der Waals surface area contributed by atoms with E-state index in [-0.39, 0.29) is 12.0 Å². The van der Waals surface area contributed by atoms with Crippen LogP contribution in [0.1, 0.15) is 34.8 Å². The second-order valence-electron chi connectivity index (χ2n) is 5.89. The van der Waals surface area contributed by atoms with Gasteiger partial charge < -0.3 is 19.1 Å². The summed E-state index contributed by atoms with van der Waals surface area (Å²) in [7, 11) is 4.02. The third-order valence-corrected chi connectivity index (χ3v) is 3.79. The van der Waals surface area contributed by atoms with Gasteiger partial charge in [0.15, 0.2) is 0 Å². The Labute approximate surface area is 118 Å². The Hall–Kier alpha value is -1.40. The quantitative estimate of drug-likeness (QED) is 0.821. The van der Waals surface area contributed by atoms with E-state index in [9.17, 15) is 4.79 Å². The largest absolute Gasteiger partial charge is 0.373 e. The third-order valence-electron chi connectivity index (χ3n) is 3.79. The van der Waals surface area contributed by atoms with Gasteiger partial charge >= 0.3 is 0 Å². The molecule has 0 bridgehead atoms. The van der Waals surface area contributed by atoms with Crippen LogP contribution >= 0.6 is 0 Å². The Balaban J connectivity index is 1.68. The number of amides is 1. The summed E-state index contributed by atoms with van der Waals surface area (Å²) in [6.45, 7) is 2.68. The first-order valence-corrected chi connectivity index (χ1v) is 7.15. The van der Waals surface area contributed by atoms with Crippen LogP contribution in [0.2, 0.25) is 0 Å². The lowest BCUT2D eigenvalue weighted by Crippen LogP contribution is -2.48. The number of carbonyl (C=O) groups excluding carboxylic acids is 1. The number of aromatic nitrogens is 1. The van der Waals surface area contributed by atoms with E-state index >= 15 is 0 Å². The van der Waals surface area contributed by atoms with Crippen molar-refractivity contribution in [3.05, 3.63) is 17.5 Å². The lowest BCUT2D eigenvalue weighted by atomic mass is 10.1. The fourth-order valence-corrected chi connectivity index (χ4v) is 2.65. The summed E-state index contributed by atoms with van der Waals surface area (Å²) < 4.78 is 10.7. The zero-order chi connectivity index (χ0) is 14.1. The van der Waals surface area contributed by atoms with E-state index in [0.717, 1.165) is 25.1 Å². The molecule has 1 saturated heterocycles. The molecule has 3 rings (SSSR count). The molecular weight excluding hydrogens is 258 g/mol. The van der Waals surface area contributed by atoms with Crippen molar-refractivity contribution in [2.45, 2.75) is 24.9 Å². The minimum atomic E-state index is 0.0280. The molecule has 6 nitrogen and oxygen atoms in total. The number of ether oxygens (including phenoxy) is 1. The van der Waals surface area contributed by atoms with Gasteiger partial charge in [-0.2, -0.15) is 0 Å². The topological polar surface area (TPSA) is 58.8 Å². The molecule has 1 aromatic rings. The summed E-state index contributed by atoms with van der Waals surface area (Å²) in [5.74, 6) is 0.450. The van der Waals surface area contributed by atoms with Gasteiger partial charge in [0.25, 0.3) is 5.91 Å². The Kier molecular flexibility index (Phi) is 3.76. The van der Waals surface area contributed by atoms with E-state index in [2.05, 4.69) is 10.1 Å². The zero-order valence-corrected chi connectivity index (χ0v) is 12.0. The average Bonchev–Trinajstić information content (AvgIpc) is 3.15. The van der Waals surface area contributed by atoms with Crippen LogP contribution in [0.5, 0.6) is 0 Å². The van der Waals surface area contributed by atoms with E-state index in [1.165, 1.54) is 6.26 Å². The molecule has 1 unspecified atom stereocenters. The van der Waals surface area contributed by atoms with Crippen molar-refractivity contribution in [3.8, 4) is 0 Å². The fraction of sp³-hybridized carbons (Fsp3) is 0.714. The number of morpholine rings is 1. The smallest absolute Gasteiger partial charge is 0.259 e. The highest BCUT2D eigenvalue weighted by Crippen LogP contribution is 2.41. The van der Waals surface area contributed by atoms with Crippen molar-refractivity contribution in [1.82, 2.24) is 15.0 Å². The van der Waals surface area contributed by atoms with E-state index in [1.807, 2.05) is 19.0 Å². The van der Waals surface area contributed by atoms with Crippen LogP contribution in [0, 0.1) is 0 Å². The predicted molar refractivity (Wildman–Crippen MR) is 72.7 cm³/mol. The van der Waals surface area contributed by atoms with Gasteiger partial charge in [0.05, 0.1) is 18.4 Å². The van der Waals surface area contributed by atoms with Crippen LogP contribution < -0.4 is 0 Å². The average molecular weight is 279 g/mol. The number of nitrogens with zero attached hydrogens (tertiary/aromatic N) is 3. The Morgan fingerprint density at radius 3 is 3.00 bits per heavy atom. The molecular formula is C14H21N3O3. The second-order valence-corrected chi connectivity index (χ2v) is 5.89. The predicted octanol–water partition coefficient (Wildman–Crippen LogP) is 0.955. The van der Waals surface area contributed by atoms with Gasteiger partial charge in [0, 0.05) is 25.6 Å². The van der Waals surface area contributed by atoms with Gasteiger partial charge in [-0.25, -0.2) is 0 Å². The number of hydrogen-bond donors (Lipinski definition) is 0. The number of hydrogen-bond acceptors (Lipinski definition) is 5. The van der Waals surface area contributed by atoms with Crippen molar-refractivity contribution < 1.29 is 14.1 Å². The minimum Gasteiger partial charge on any atom is -0.373 e. The molecule has 1 amide bonds. The Morgan fingerprint density at radius 1 is 1.50 bits per heavy atom. The summed E-state index contributed by atoms with van der Waals surface area (Å²) in [5, 5.41) is 4.00. The molecule has 2 aliphatic rings. The van der Waals surface area contributed by atoms with Crippen LogP contribution in [0.4, 0.5) is 0 Å². The van der Waals surface area contributed by atoms with Crippen LogP contribution in [-0.2, 0) is 4.74 Å². The van der Waals surface area contributed by atoms with Crippen molar-refractivity contribution in [2.75, 3.05) is 40.3 Å². The molecule has 20 heavy (non-hydrogen) atoms. The SMILES string of the molecule is CN(C)CC1CN(C(=O)c2conc2C2CC2)CCO1. The Morgan fingerprint density at radius 2 is 2.30 bits per heavy atom. The van der Waals surface area contributed by atoms with Gasteiger partial charge in [0.1, 0.15) is 11.8 Å². The highest BCUT2D eigenvalue weighted by molar-refractivity contribution is 5.95. The molecule has 0 aromatic carbocycles. The van der Waals surface area contributed by atoms with E-state index in [4.69, 9.17) is 9.26 Å². The summed E-state index contributed by atoms with van der Waals surface area (Å²) in [6.07, 6.45) is 3.79. The lowest BCUT2D eigenvalue weighted by molar-refractivity contribution is -0.0306. The summed E-state index contributed by atoms with van der Waals surface area (Å²) in [5.41, 5.74) is 1.48. The highest BCUT2D eigenvalue weighted by atomic mass is 16.5. The maximum atomic E-state index is 12.6. The highest BCUT2D eigenvalue weighted by Gasteiger charge is 2.34. The monoisotopic (exact) mass is 279 g/mol. The fourth-order valence-electron chi connectivity index (χ4n) is 2.65. The third kappa shape index (κ3) is 2.86. The first-order chi connectivity index (χ1) is 9.65. The second kappa shape index (κ2) is 5.54. The van der Waals surface area contributed by atoms with Crippen molar-refractivity contribution >= 4 is 5.91 Å². The van der Waals surface area contributed by atoms with Gasteiger partial charge in [-0.3, -0.25) is 4.79 Å².